The first-order valence-electron chi connectivity index (χ1n) is 8.38. The first-order chi connectivity index (χ1) is 13.5. The number of carbonyl (C=O) groups excluding carboxylic acids is 2. The predicted octanol–water partition coefficient (Wildman–Crippen LogP) is 0.293. The Morgan fingerprint density at radius 3 is 2.71 bits per heavy atom. The van der Waals surface area contributed by atoms with Gasteiger partial charge in [-0.3, -0.25) is 9.78 Å². The van der Waals surface area contributed by atoms with Gasteiger partial charge in [-0.25, -0.2) is 18.2 Å². The molecular formula is C17H18N4O6S. The third-order valence-electron chi connectivity index (χ3n) is 3.83. The lowest BCUT2D eigenvalue weighted by Gasteiger charge is -2.26. The van der Waals surface area contributed by atoms with Crippen molar-refractivity contribution in [3.8, 4) is 0 Å². The Hall–Kier alpha value is -2.89. The molecule has 148 valence electrons. The maximum atomic E-state index is 12.7. The molecule has 28 heavy (non-hydrogen) atoms. The van der Waals surface area contributed by atoms with E-state index in [4.69, 9.17) is 9.47 Å². The quantitative estimate of drug-likeness (QED) is 0.678. The topological polar surface area (TPSA) is 128 Å². The van der Waals surface area contributed by atoms with Gasteiger partial charge in [0.25, 0.3) is 5.91 Å². The van der Waals surface area contributed by atoms with Gasteiger partial charge in [0.05, 0.1) is 24.3 Å². The molecule has 0 radical (unpaired) electrons. The summed E-state index contributed by atoms with van der Waals surface area (Å²) in [5.41, 5.74) is 0.254. The van der Waals surface area contributed by atoms with Gasteiger partial charge >= 0.3 is 5.97 Å². The van der Waals surface area contributed by atoms with Gasteiger partial charge in [-0.15, -0.1) is 0 Å². The van der Waals surface area contributed by atoms with Crippen molar-refractivity contribution < 1.29 is 27.5 Å². The minimum atomic E-state index is -3.68. The normalized spacial score (nSPS) is 15.0. The number of anilines is 1. The molecule has 0 unspecified atom stereocenters. The van der Waals surface area contributed by atoms with Crippen LogP contribution in [0.4, 0.5) is 5.69 Å². The molecule has 1 aromatic heterocycles. The number of carbonyl (C=O) groups is 2. The second-order valence-corrected chi connectivity index (χ2v) is 7.70. The lowest BCUT2D eigenvalue weighted by molar-refractivity contribution is -0.119. The van der Waals surface area contributed by atoms with E-state index in [1.807, 2.05) is 0 Å². The second kappa shape index (κ2) is 8.87. The van der Waals surface area contributed by atoms with Gasteiger partial charge in [0.1, 0.15) is 0 Å². The van der Waals surface area contributed by atoms with Crippen molar-refractivity contribution in [3.05, 3.63) is 48.5 Å². The number of rotatable bonds is 6. The van der Waals surface area contributed by atoms with E-state index in [9.17, 15) is 18.0 Å². The van der Waals surface area contributed by atoms with Crippen molar-refractivity contribution in [3.63, 3.8) is 0 Å². The third-order valence-corrected chi connectivity index (χ3v) is 5.73. The van der Waals surface area contributed by atoms with E-state index in [0.29, 0.717) is 13.2 Å². The van der Waals surface area contributed by atoms with Gasteiger partial charge in [-0.1, -0.05) is 6.07 Å². The largest absolute Gasteiger partial charge is 0.451 e. The molecule has 0 saturated carbocycles. The molecule has 0 atom stereocenters. The average molecular weight is 406 g/mol. The minimum Gasteiger partial charge on any atom is -0.451 e. The van der Waals surface area contributed by atoms with Crippen LogP contribution >= 0.6 is 0 Å². The minimum absolute atomic E-state index is 0.0195. The highest BCUT2D eigenvalue weighted by Gasteiger charge is 2.26. The Balaban J connectivity index is 1.61. The summed E-state index contributed by atoms with van der Waals surface area (Å²) in [5.74, 6) is -1.40. The van der Waals surface area contributed by atoms with Crippen molar-refractivity contribution >= 4 is 27.6 Å². The summed E-state index contributed by atoms with van der Waals surface area (Å²) in [6.07, 6.45) is 3.96. The van der Waals surface area contributed by atoms with Crippen LogP contribution in [0.3, 0.4) is 0 Å². The molecule has 10 nitrogen and oxygen atoms in total. The lowest BCUT2D eigenvalue weighted by atomic mass is 10.3. The molecule has 1 saturated heterocycles. The van der Waals surface area contributed by atoms with E-state index in [1.165, 1.54) is 41.1 Å². The van der Waals surface area contributed by atoms with Crippen LogP contribution in [0.5, 0.6) is 0 Å². The summed E-state index contributed by atoms with van der Waals surface area (Å²) < 4.78 is 36.7. The highest BCUT2D eigenvalue weighted by atomic mass is 32.2. The molecule has 1 aliphatic rings. The Kier molecular flexibility index (Phi) is 6.29. The number of hydrogen-bond donors (Lipinski definition) is 1. The maximum Gasteiger partial charge on any atom is 0.359 e. The van der Waals surface area contributed by atoms with E-state index < -0.39 is 28.5 Å². The number of hydrogen-bond acceptors (Lipinski definition) is 8. The molecule has 1 N–H and O–H groups in total. The summed E-state index contributed by atoms with van der Waals surface area (Å²) in [7, 11) is -3.68. The van der Waals surface area contributed by atoms with E-state index in [0.717, 1.165) is 0 Å². The average Bonchev–Trinajstić information content (AvgIpc) is 2.73. The van der Waals surface area contributed by atoms with E-state index in [2.05, 4.69) is 15.3 Å². The van der Waals surface area contributed by atoms with Crippen LogP contribution < -0.4 is 5.32 Å². The standard InChI is InChI=1S/C17H18N4O6S/c22-16(12-27-17(23)15-11-18-4-5-19-15)20-13-2-1-3-14(10-13)28(24,25)21-6-8-26-9-7-21/h1-5,10-11H,6-9,12H2,(H,20,22). The van der Waals surface area contributed by atoms with Crippen LogP contribution in [0.25, 0.3) is 0 Å². The van der Waals surface area contributed by atoms with Crippen LogP contribution in [0, 0.1) is 0 Å². The molecular weight excluding hydrogens is 388 g/mol. The fourth-order valence-electron chi connectivity index (χ4n) is 2.48. The lowest BCUT2D eigenvalue weighted by Crippen LogP contribution is -2.40. The molecule has 11 heteroatoms. The number of amides is 1. The van der Waals surface area contributed by atoms with Gasteiger partial charge in [0, 0.05) is 31.2 Å². The predicted molar refractivity (Wildman–Crippen MR) is 97.0 cm³/mol. The Bertz CT molecular complexity index is 945. The fourth-order valence-corrected chi connectivity index (χ4v) is 3.93. The number of morpholine rings is 1. The number of nitrogens with zero attached hydrogens (tertiary/aromatic N) is 3. The highest BCUT2D eigenvalue weighted by Crippen LogP contribution is 2.20. The van der Waals surface area contributed by atoms with Crippen LogP contribution in [0.2, 0.25) is 0 Å². The van der Waals surface area contributed by atoms with E-state index in [1.54, 1.807) is 6.07 Å². The van der Waals surface area contributed by atoms with Gasteiger partial charge < -0.3 is 14.8 Å². The maximum absolute atomic E-state index is 12.7. The van der Waals surface area contributed by atoms with Crippen molar-refractivity contribution in [1.29, 1.82) is 0 Å². The number of nitrogens with one attached hydrogen (secondary N) is 1. The zero-order valence-electron chi connectivity index (χ0n) is 14.8. The molecule has 0 aliphatic carbocycles. The molecule has 3 rings (SSSR count). The molecule has 1 aliphatic heterocycles. The van der Waals surface area contributed by atoms with Crippen molar-refractivity contribution in [1.82, 2.24) is 14.3 Å². The van der Waals surface area contributed by atoms with Crippen LogP contribution in [-0.2, 0) is 24.3 Å². The fraction of sp³-hybridized carbons (Fsp3) is 0.294. The van der Waals surface area contributed by atoms with Gasteiger partial charge in [0.2, 0.25) is 10.0 Å². The molecule has 1 fully saturated rings. The van der Waals surface area contributed by atoms with Crippen molar-refractivity contribution in [2.45, 2.75) is 4.90 Å². The monoisotopic (exact) mass is 406 g/mol. The summed E-state index contributed by atoms with van der Waals surface area (Å²) >= 11 is 0. The van der Waals surface area contributed by atoms with E-state index in [-0.39, 0.29) is 29.4 Å². The molecule has 2 heterocycles. The third kappa shape index (κ3) is 4.88. The smallest absolute Gasteiger partial charge is 0.359 e. The SMILES string of the molecule is O=C(COC(=O)c1cnccn1)Nc1cccc(S(=O)(=O)N2CCOCC2)c1. The first kappa shape index (κ1) is 19.9. The second-order valence-electron chi connectivity index (χ2n) is 5.76. The Morgan fingerprint density at radius 1 is 1.21 bits per heavy atom. The zero-order valence-corrected chi connectivity index (χ0v) is 15.6. The molecule has 1 amide bonds. The number of aromatic nitrogens is 2. The number of ether oxygens (including phenoxy) is 2. The summed E-state index contributed by atoms with van der Waals surface area (Å²) in [6.45, 7) is 0.685. The van der Waals surface area contributed by atoms with Gasteiger partial charge in [0.15, 0.2) is 12.3 Å². The zero-order chi connectivity index (χ0) is 20.0. The van der Waals surface area contributed by atoms with Crippen molar-refractivity contribution in [2.24, 2.45) is 0 Å². The van der Waals surface area contributed by atoms with Crippen LogP contribution in [-0.4, -0.2) is 67.5 Å². The van der Waals surface area contributed by atoms with Gasteiger partial charge in [-0.2, -0.15) is 4.31 Å². The van der Waals surface area contributed by atoms with Crippen LogP contribution in [0.1, 0.15) is 10.5 Å². The number of sulfonamides is 1. The summed E-state index contributed by atoms with van der Waals surface area (Å²) in [4.78, 5) is 31.3. The van der Waals surface area contributed by atoms with Gasteiger partial charge in [-0.05, 0) is 18.2 Å². The van der Waals surface area contributed by atoms with Crippen LogP contribution in [0.15, 0.2) is 47.8 Å². The van der Waals surface area contributed by atoms with Crippen molar-refractivity contribution in [2.75, 3.05) is 38.2 Å². The van der Waals surface area contributed by atoms with E-state index >= 15 is 0 Å². The first-order valence-corrected chi connectivity index (χ1v) is 9.82. The Morgan fingerprint density at radius 2 is 2.00 bits per heavy atom. The summed E-state index contributed by atoms with van der Waals surface area (Å²) in [6, 6.07) is 5.87. The molecule has 2 aromatic rings. The molecule has 0 bridgehead atoms. The number of esters is 1. The number of benzene rings is 1. The highest BCUT2D eigenvalue weighted by molar-refractivity contribution is 7.89. The molecule has 0 spiro atoms. The molecule has 1 aromatic carbocycles. The summed E-state index contributed by atoms with van der Waals surface area (Å²) in [5, 5.41) is 2.50. The Labute approximate surface area is 161 Å².